The Hall–Kier alpha value is -2.15. The second-order valence-corrected chi connectivity index (χ2v) is 5.55. The average Bonchev–Trinajstić information content (AvgIpc) is 2.41. The topological polar surface area (TPSA) is 92.9 Å². The van der Waals surface area contributed by atoms with E-state index >= 15 is 0 Å². The molecule has 1 fully saturated rings. The van der Waals surface area contributed by atoms with Crippen molar-refractivity contribution in [1.29, 1.82) is 0 Å². The average molecular weight is 294 g/mol. The van der Waals surface area contributed by atoms with Crippen LogP contribution in [0.25, 0.3) is 0 Å². The normalized spacial score (nSPS) is 16.5. The van der Waals surface area contributed by atoms with Crippen molar-refractivity contribution >= 4 is 11.6 Å². The standard InChI is InChI=1S/C14H18N2O5/c1-10(2)14(18)8-15(9-14)13(17)7-21-12-5-3-4-11(6-12)16(19)20/h3-6,10,18H,7-9H2,1-2H3. The number of amides is 1. The van der Waals surface area contributed by atoms with E-state index in [1.807, 2.05) is 13.8 Å². The Labute approximate surface area is 122 Å². The molecule has 0 aliphatic carbocycles. The molecule has 1 N–H and O–H groups in total. The van der Waals surface area contributed by atoms with Crippen LogP contribution in [-0.2, 0) is 4.79 Å². The first-order valence-corrected chi connectivity index (χ1v) is 6.69. The third kappa shape index (κ3) is 3.30. The number of nitro benzene ring substituents is 1. The molecule has 1 aliphatic rings. The summed E-state index contributed by atoms with van der Waals surface area (Å²) < 4.78 is 5.27. The summed E-state index contributed by atoms with van der Waals surface area (Å²) in [6.07, 6.45) is 0. The molecule has 0 bridgehead atoms. The first-order chi connectivity index (χ1) is 9.82. The summed E-state index contributed by atoms with van der Waals surface area (Å²) in [5.74, 6) is 0.114. The molecule has 0 unspecified atom stereocenters. The summed E-state index contributed by atoms with van der Waals surface area (Å²) in [7, 11) is 0. The molecule has 0 spiro atoms. The van der Waals surface area contributed by atoms with Gasteiger partial charge in [0.25, 0.3) is 11.6 Å². The van der Waals surface area contributed by atoms with E-state index in [-0.39, 0.29) is 29.9 Å². The van der Waals surface area contributed by atoms with Gasteiger partial charge in [-0.3, -0.25) is 14.9 Å². The van der Waals surface area contributed by atoms with Gasteiger partial charge in [0.1, 0.15) is 11.4 Å². The second kappa shape index (κ2) is 5.69. The van der Waals surface area contributed by atoms with Crippen LogP contribution in [0.15, 0.2) is 24.3 Å². The molecule has 1 aromatic carbocycles. The minimum absolute atomic E-state index is 0.0826. The molecule has 114 valence electrons. The maximum atomic E-state index is 11.9. The Morgan fingerprint density at radius 1 is 1.52 bits per heavy atom. The number of carbonyl (C=O) groups excluding carboxylic acids is 1. The highest BCUT2D eigenvalue weighted by Crippen LogP contribution is 2.28. The summed E-state index contributed by atoms with van der Waals surface area (Å²) in [5.41, 5.74) is -0.903. The van der Waals surface area contributed by atoms with E-state index in [4.69, 9.17) is 4.74 Å². The van der Waals surface area contributed by atoms with E-state index in [9.17, 15) is 20.0 Å². The Kier molecular flexibility index (Phi) is 4.13. The van der Waals surface area contributed by atoms with E-state index in [1.54, 1.807) is 6.07 Å². The Balaban J connectivity index is 1.86. The van der Waals surface area contributed by atoms with Crippen molar-refractivity contribution in [3.05, 3.63) is 34.4 Å². The maximum absolute atomic E-state index is 11.9. The van der Waals surface area contributed by atoms with Crippen LogP contribution in [0.5, 0.6) is 5.75 Å². The van der Waals surface area contributed by atoms with Crippen molar-refractivity contribution in [3.63, 3.8) is 0 Å². The number of hydrogen-bond acceptors (Lipinski definition) is 5. The van der Waals surface area contributed by atoms with Crippen molar-refractivity contribution in [2.24, 2.45) is 5.92 Å². The van der Waals surface area contributed by atoms with Gasteiger partial charge in [-0.1, -0.05) is 19.9 Å². The molecular formula is C14H18N2O5. The number of likely N-dealkylation sites (tertiary alicyclic amines) is 1. The molecule has 1 amide bonds. The van der Waals surface area contributed by atoms with E-state index < -0.39 is 10.5 Å². The zero-order valence-corrected chi connectivity index (χ0v) is 12.0. The number of ether oxygens (including phenoxy) is 1. The summed E-state index contributed by atoms with van der Waals surface area (Å²) in [6, 6.07) is 5.68. The monoisotopic (exact) mass is 294 g/mol. The van der Waals surface area contributed by atoms with Gasteiger partial charge >= 0.3 is 0 Å². The number of non-ortho nitro benzene ring substituents is 1. The summed E-state index contributed by atoms with van der Waals surface area (Å²) in [6.45, 7) is 4.20. The van der Waals surface area contributed by atoms with Gasteiger partial charge in [-0.05, 0) is 12.0 Å². The lowest BCUT2D eigenvalue weighted by Crippen LogP contribution is -2.66. The fourth-order valence-corrected chi connectivity index (χ4v) is 2.08. The smallest absolute Gasteiger partial charge is 0.273 e. The first kappa shape index (κ1) is 15.2. The van der Waals surface area contributed by atoms with Crippen molar-refractivity contribution in [3.8, 4) is 5.75 Å². The van der Waals surface area contributed by atoms with E-state index in [0.717, 1.165) is 0 Å². The van der Waals surface area contributed by atoms with Crippen LogP contribution >= 0.6 is 0 Å². The molecule has 0 radical (unpaired) electrons. The molecule has 2 rings (SSSR count). The Morgan fingerprint density at radius 2 is 2.19 bits per heavy atom. The van der Waals surface area contributed by atoms with Gasteiger partial charge < -0.3 is 14.7 Å². The molecular weight excluding hydrogens is 276 g/mol. The summed E-state index contributed by atoms with van der Waals surface area (Å²) in [5, 5.41) is 20.7. The van der Waals surface area contributed by atoms with Crippen LogP contribution in [0.1, 0.15) is 13.8 Å². The van der Waals surface area contributed by atoms with Gasteiger partial charge in [-0.15, -0.1) is 0 Å². The van der Waals surface area contributed by atoms with E-state index in [1.165, 1.54) is 23.1 Å². The van der Waals surface area contributed by atoms with E-state index in [2.05, 4.69) is 0 Å². The number of aliphatic hydroxyl groups is 1. The predicted octanol–water partition coefficient (Wildman–Crippen LogP) is 1.20. The number of nitro groups is 1. The summed E-state index contributed by atoms with van der Waals surface area (Å²) in [4.78, 5) is 23.5. The van der Waals surface area contributed by atoms with Crippen LogP contribution in [-0.4, -0.2) is 46.1 Å². The molecule has 21 heavy (non-hydrogen) atoms. The number of nitrogens with zero attached hydrogens (tertiary/aromatic N) is 2. The molecule has 0 aromatic heterocycles. The Bertz CT molecular complexity index is 552. The van der Waals surface area contributed by atoms with Crippen molar-refractivity contribution in [2.75, 3.05) is 19.7 Å². The van der Waals surface area contributed by atoms with Gasteiger partial charge in [0.2, 0.25) is 0 Å². The van der Waals surface area contributed by atoms with E-state index in [0.29, 0.717) is 13.1 Å². The fourth-order valence-electron chi connectivity index (χ4n) is 2.08. The largest absolute Gasteiger partial charge is 0.484 e. The van der Waals surface area contributed by atoms with Crippen molar-refractivity contribution in [2.45, 2.75) is 19.4 Å². The van der Waals surface area contributed by atoms with Crippen LogP contribution in [0.4, 0.5) is 5.69 Å². The number of β-amino-alcohol motifs (C(OH)–C–C–N with tert-alkyl or cyclic N) is 1. The van der Waals surface area contributed by atoms with Crippen LogP contribution in [0.3, 0.4) is 0 Å². The van der Waals surface area contributed by atoms with Gasteiger partial charge in [0.05, 0.1) is 24.1 Å². The quantitative estimate of drug-likeness (QED) is 0.650. The predicted molar refractivity (Wildman–Crippen MR) is 75.0 cm³/mol. The van der Waals surface area contributed by atoms with Gasteiger partial charge in [-0.25, -0.2) is 0 Å². The molecule has 1 aliphatic heterocycles. The maximum Gasteiger partial charge on any atom is 0.273 e. The van der Waals surface area contributed by atoms with Crippen molar-refractivity contribution in [1.82, 2.24) is 4.90 Å². The lowest BCUT2D eigenvalue weighted by Gasteiger charge is -2.48. The van der Waals surface area contributed by atoms with Gasteiger partial charge in [0.15, 0.2) is 6.61 Å². The Morgan fingerprint density at radius 3 is 2.76 bits per heavy atom. The van der Waals surface area contributed by atoms with Crippen LogP contribution in [0, 0.1) is 16.0 Å². The summed E-state index contributed by atoms with van der Waals surface area (Å²) >= 11 is 0. The number of benzene rings is 1. The molecule has 1 aromatic rings. The zero-order chi connectivity index (χ0) is 15.6. The van der Waals surface area contributed by atoms with Gasteiger partial charge in [-0.2, -0.15) is 0 Å². The SMILES string of the molecule is CC(C)C1(O)CN(C(=O)COc2cccc([N+](=O)[O-])c2)C1. The first-order valence-electron chi connectivity index (χ1n) is 6.69. The van der Waals surface area contributed by atoms with Gasteiger partial charge in [0, 0.05) is 6.07 Å². The minimum Gasteiger partial charge on any atom is -0.484 e. The molecule has 7 nitrogen and oxygen atoms in total. The molecule has 1 heterocycles. The molecule has 0 saturated carbocycles. The second-order valence-electron chi connectivity index (χ2n) is 5.55. The highest BCUT2D eigenvalue weighted by atomic mass is 16.6. The molecule has 7 heteroatoms. The third-order valence-corrected chi connectivity index (χ3v) is 3.75. The number of rotatable bonds is 5. The molecule has 0 atom stereocenters. The van der Waals surface area contributed by atoms with Crippen molar-refractivity contribution < 1.29 is 19.6 Å². The van der Waals surface area contributed by atoms with Crippen LogP contribution < -0.4 is 4.74 Å². The molecule has 1 saturated heterocycles. The zero-order valence-electron chi connectivity index (χ0n) is 12.0. The van der Waals surface area contributed by atoms with Crippen LogP contribution in [0.2, 0.25) is 0 Å². The fraction of sp³-hybridized carbons (Fsp3) is 0.500. The highest BCUT2D eigenvalue weighted by molar-refractivity contribution is 5.79. The highest BCUT2D eigenvalue weighted by Gasteiger charge is 2.45. The third-order valence-electron chi connectivity index (χ3n) is 3.75. The number of carbonyl (C=O) groups is 1. The number of hydrogen-bond donors (Lipinski definition) is 1. The minimum atomic E-state index is -0.818. The lowest BCUT2D eigenvalue weighted by atomic mass is 9.83. The lowest BCUT2D eigenvalue weighted by molar-refractivity contribution is -0.384.